The molecule has 2 fully saturated rings. The van der Waals surface area contributed by atoms with E-state index in [2.05, 4.69) is 33.0 Å². The van der Waals surface area contributed by atoms with Crippen molar-refractivity contribution in [3.8, 4) is 5.75 Å². The van der Waals surface area contributed by atoms with E-state index in [1.807, 2.05) is 6.07 Å². The predicted octanol–water partition coefficient (Wildman–Crippen LogP) is 3.60. The highest BCUT2D eigenvalue weighted by molar-refractivity contribution is 9.10. The largest absolute Gasteiger partial charge is 0.496 e. The van der Waals surface area contributed by atoms with E-state index in [0.29, 0.717) is 12.1 Å². The highest BCUT2D eigenvalue weighted by atomic mass is 79.9. The fourth-order valence-electron chi connectivity index (χ4n) is 3.42. The zero-order valence-corrected chi connectivity index (χ0v) is 13.6. The van der Waals surface area contributed by atoms with Crippen molar-refractivity contribution in [1.82, 2.24) is 4.90 Å². The van der Waals surface area contributed by atoms with Crippen LogP contribution >= 0.6 is 15.9 Å². The van der Waals surface area contributed by atoms with E-state index in [-0.39, 0.29) is 0 Å². The van der Waals surface area contributed by atoms with Crippen molar-refractivity contribution in [2.45, 2.75) is 44.4 Å². The van der Waals surface area contributed by atoms with Gasteiger partial charge in [0.15, 0.2) is 0 Å². The van der Waals surface area contributed by atoms with Gasteiger partial charge in [-0.2, -0.15) is 0 Å². The first-order chi connectivity index (χ1) is 9.78. The van der Waals surface area contributed by atoms with Gasteiger partial charge >= 0.3 is 0 Å². The van der Waals surface area contributed by atoms with Gasteiger partial charge in [0.25, 0.3) is 0 Å². The third-order valence-electron chi connectivity index (χ3n) is 4.45. The molecule has 1 aliphatic heterocycles. The molecule has 0 bridgehead atoms. The lowest BCUT2D eigenvalue weighted by molar-refractivity contribution is -0.0911. The molecule has 1 aliphatic carbocycles. The van der Waals surface area contributed by atoms with Crippen LogP contribution < -0.4 is 4.74 Å². The molecule has 3 rings (SSSR count). The fraction of sp³-hybridized carbons (Fsp3) is 0.625. The lowest BCUT2D eigenvalue weighted by Crippen LogP contribution is -2.52. The minimum Gasteiger partial charge on any atom is -0.496 e. The van der Waals surface area contributed by atoms with Gasteiger partial charge in [0.2, 0.25) is 0 Å². The molecule has 1 aromatic carbocycles. The molecule has 20 heavy (non-hydrogen) atoms. The van der Waals surface area contributed by atoms with Crippen molar-refractivity contribution in [3.05, 3.63) is 28.2 Å². The van der Waals surface area contributed by atoms with E-state index in [1.165, 1.54) is 31.2 Å². The first-order valence-corrected chi connectivity index (χ1v) is 8.25. The third-order valence-corrected chi connectivity index (χ3v) is 5.07. The van der Waals surface area contributed by atoms with Gasteiger partial charge in [-0.05, 0) is 46.5 Å². The van der Waals surface area contributed by atoms with Crippen molar-refractivity contribution in [2.75, 3.05) is 20.3 Å². The molecule has 0 radical (unpaired) electrons. The van der Waals surface area contributed by atoms with E-state index < -0.39 is 0 Å². The van der Waals surface area contributed by atoms with Gasteiger partial charge in [0.05, 0.1) is 24.3 Å². The Bertz CT molecular complexity index is 464. The zero-order chi connectivity index (χ0) is 13.9. The molecule has 0 N–H and O–H groups in total. The highest BCUT2D eigenvalue weighted by Crippen LogP contribution is 2.31. The zero-order valence-electron chi connectivity index (χ0n) is 12.0. The Kier molecular flexibility index (Phi) is 4.64. The predicted molar refractivity (Wildman–Crippen MR) is 83.1 cm³/mol. The van der Waals surface area contributed by atoms with Crippen LogP contribution in [0, 0.1) is 0 Å². The molecular weight excluding hydrogens is 318 g/mol. The Labute approximate surface area is 129 Å². The van der Waals surface area contributed by atoms with E-state index in [4.69, 9.17) is 9.47 Å². The Morgan fingerprint density at radius 2 is 2.20 bits per heavy atom. The van der Waals surface area contributed by atoms with Crippen molar-refractivity contribution in [3.63, 3.8) is 0 Å². The number of ether oxygens (including phenoxy) is 2. The second-order valence-electron chi connectivity index (χ2n) is 5.70. The molecular formula is C16H22BrNO2. The van der Waals surface area contributed by atoms with Crippen LogP contribution in [0.2, 0.25) is 0 Å². The van der Waals surface area contributed by atoms with Crippen LogP contribution in [0.5, 0.6) is 5.75 Å². The average molecular weight is 340 g/mol. The summed E-state index contributed by atoms with van der Waals surface area (Å²) in [6, 6.07) is 6.99. The van der Waals surface area contributed by atoms with Gasteiger partial charge < -0.3 is 9.47 Å². The SMILES string of the molecule is COc1ccc(CN2CCOC3CCCCC32)cc1Br. The van der Waals surface area contributed by atoms with Crippen LogP contribution in [-0.4, -0.2) is 37.3 Å². The number of benzene rings is 1. The maximum Gasteiger partial charge on any atom is 0.133 e. The number of rotatable bonds is 3. The Balaban J connectivity index is 1.71. The topological polar surface area (TPSA) is 21.7 Å². The van der Waals surface area contributed by atoms with Crippen LogP contribution in [0.1, 0.15) is 31.2 Å². The van der Waals surface area contributed by atoms with Crippen molar-refractivity contribution >= 4 is 15.9 Å². The summed E-state index contributed by atoms with van der Waals surface area (Å²) in [7, 11) is 1.70. The van der Waals surface area contributed by atoms with E-state index >= 15 is 0 Å². The summed E-state index contributed by atoms with van der Waals surface area (Å²) in [4.78, 5) is 2.60. The molecule has 1 heterocycles. The quantitative estimate of drug-likeness (QED) is 0.839. The van der Waals surface area contributed by atoms with Gasteiger partial charge in [-0.15, -0.1) is 0 Å². The normalized spacial score (nSPS) is 27.1. The van der Waals surface area contributed by atoms with Crippen LogP contribution in [0.15, 0.2) is 22.7 Å². The Hall–Kier alpha value is -0.580. The van der Waals surface area contributed by atoms with Crippen molar-refractivity contribution in [1.29, 1.82) is 0 Å². The summed E-state index contributed by atoms with van der Waals surface area (Å²) in [5.74, 6) is 0.895. The van der Waals surface area contributed by atoms with Crippen LogP contribution in [0.25, 0.3) is 0 Å². The van der Waals surface area contributed by atoms with E-state index in [1.54, 1.807) is 7.11 Å². The molecule has 2 aliphatic rings. The third kappa shape index (κ3) is 3.02. The van der Waals surface area contributed by atoms with E-state index in [0.717, 1.165) is 29.9 Å². The first kappa shape index (κ1) is 14.4. The average Bonchev–Trinajstić information content (AvgIpc) is 2.48. The van der Waals surface area contributed by atoms with Gasteiger partial charge in [-0.3, -0.25) is 4.90 Å². The standard InChI is InChI=1S/C16H22BrNO2/c1-19-15-7-6-12(10-13(15)17)11-18-8-9-20-16-5-3-2-4-14(16)18/h6-7,10,14,16H,2-5,8-9,11H2,1H3. The molecule has 1 saturated heterocycles. The number of hydrogen-bond acceptors (Lipinski definition) is 3. The van der Waals surface area contributed by atoms with Crippen LogP contribution in [0.4, 0.5) is 0 Å². The smallest absolute Gasteiger partial charge is 0.133 e. The Morgan fingerprint density at radius 1 is 1.35 bits per heavy atom. The summed E-state index contributed by atoms with van der Waals surface area (Å²) in [5, 5.41) is 0. The molecule has 0 aromatic heterocycles. The number of fused-ring (bicyclic) bond motifs is 1. The van der Waals surface area contributed by atoms with Crippen LogP contribution in [0.3, 0.4) is 0 Å². The number of nitrogens with zero attached hydrogens (tertiary/aromatic N) is 1. The number of morpholine rings is 1. The van der Waals surface area contributed by atoms with Crippen LogP contribution in [-0.2, 0) is 11.3 Å². The maximum atomic E-state index is 5.94. The molecule has 4 heteroatoms. The first-order valence-electron chi connectivity index (χ1n) is 7.46. The molecule has 3 nitrogen and oxygen atoms in total. The minimum atomic E-state index is 0.458. The van der Waals surface area contributed by atoms with Gasteiger partial charge in [0.1, 0.15) is 5.75 Å². The number of hydrogen-bond donors (Lipinski definition) is 0. The van der Waals surface area contributed by atoms with Gasteiger partial charge in [-0.1, -0.05) is 18.9 Å². The molecule has 2 atom stereocenters. The van der Waals surface area contributed by atoms with Gasteiger partial charge in [0, 0.05) is 19.1 Å². The minimum absolute atomic E-state index is 0.458. The molecule has 0 spiro atoms. The van der Waals surface area contributed by atoms with Crippen molar-refractivity contribution in [2.24, 2.45) is 0 Å². The lowest BCUT2D eigenvalue weighted by Gasteiger charge is -2.43. The van der Waals surface area contributed by atoms with Crippen molar-refractivity contribution < 1.29 is 9.47 Å². The summed E-state index contributed by atoms with van der Waals surface area (Å²) in [5.41, 5.74) is 1.34. The number of halogens is 1. The van der Waals surface area contributed by atoms with E-state index in [9.17, 15) is 0 Å². The second-order valence-corrected chi connectivity index (χ2v) is 6.55. The molecule has 0 amide bonds. The lowest BCUT2D eigenvalue weighted by atomic mass is 9.90. The van der Waals surface area contributed by atoms with Gasteiger partial charge in [-0.25, -0.2) is 0 Å². The second kappa shape index (κ2) is 6.46. The molecule has 1 saturated carbocycles. The monoisotopic (exact) mass is 339 g/mol. The summed E-state index contributed by atoms with van der Waals surface area (Å²) >= 11 is 3.57. The summed E-state index contributed by atoms with van der Waals surface area (Å²) < 4.78 is 12.3. The summed E-state index contributed by atoms with van der Waals surface area (Å²) in [6.07, 6.45) is 5.63. The fourth-order valence-corrected chi connectivity index (χ4v) is 4.00. The number of methoxy groups -OCH3 is 1. The highest BCUT2D eigenvalue weighted by Gasteiger charge is 2.33. The maximum absolute atomic E-state index is 5.94. The Morgan fingerprint density at radius 3 is 3.00 bits per heavy atom. The molecule has 1 aromatic rings. The molecule has 110 valence electrons. The molecule has 2 unspecified atom stereocenters. The summed E-state index contributed by atoms with van der Waals surface area (Å²) in [6.45, 7) is 2.93.